The Labute approximate surface area is 142 Å². The summed E-state index contributed by atoms with van der Waals surface area (Å²) in [6.07, 6.45) is 5.80. The summed E-state index contributed by atoms with van der Waals surface area (Å²) < 4.78 is 7.85. The van der Waals surface area contributed by atoms with Gasteiger partial charge < -0.3 is 9.30 Å². The Hall–Kier alpha value is -2.69. The first-order valence-corrected chi connectivity index (χ1v) is 8.24. The summed E-state index contributed by atoms with van der Waals surface area (Å²) in [7, 11) is 1.94. The molecule has 3 aromatic rings. The first-order valence-electron chi connectivity index (χ1n) is 8.24. The second-order valence-corrected chi connectivity index (χ2v) is 5.87. The molecule has 5 heteroatoms. The van der Waals surface area contributed by atoms with Gasteiger partial charge >= 0.3 is 0 Å². The molecule has 1 aromatic carbocycles. The van der Waals surface area contributed by atoms with Crippen molar-refractivity contribution in [2.45, 2.75) is 26.7 Å². The van der Waals surface area contributed by atoms with E-state index in [4.69, 9.17) is 4.74 Å². The molecule has 0 N–H and O–H groups in total. The minimum absolute atomic E-state index is 0.714. The fraction of sp³-hybridized carbons (Fsp3) is 0.316. The Morgan fingerprint density at radius 2 is 1.88 bits per heavy atom. The number of unbranched alkanes of at least 4 members (excludes halogenated alkanes) is 1. The molecule has 24 heavy (non-hydrogen) atoms. The van der Waals surface area contributed by atoms with Gasteiger partial charge in [0.1, 0.15) is 11.4 Å². The lowest BCUT2D eigenvalue weighted by Gasteiger charge is -2.12. The van der Waals surface area contributed by atoms with Crippen molar-refractivity contribution in [2.75, 3.05) is 6.61 Å². The second-order valence-electron chi connectivity index (χ2n) is 5.87. The van der Waals surface area contributed by atoms with Crippen LogP contribution in [-0.2, 0) is 7.05 Å². The summed E-state index contributed by atoms with van der Waals surface area (Å²) in [5.74, 6) is 1.66. The lowest BCUT2D eigenvalue weighted by molar-refractivity contribution is 0.310. The first-order chi connectivity index (χ1) is 11.7. The zero-order valence-corrected chi connectivity index (χ0v) is 14.4. The summed E-state index contributed by atoms with van der Waals surface area (Å²) in [6.45, 7) is 4.93. The van der Waals surface area contributed by atoms with Crippen molar-refractivity contribution in [3.63, 3.8) is 0 Å². The highest BCUT2D eigenvalue weighted by Crippen LogP contribution is 2.30. The third kappa shape index (κ3) is 3.45. The molecule has 124 valence electrons. The van der Waals surface area contributed by atoms with Crippen molar-refractivity contribution in [2.24, 2.45) is 7.05 Å². The third-order valence-electron chi connectivity index (χ3n) is 3.88. The van der Waals surface area contributed by atoms with Gasteiger partial charge in [-0.3, -0.25) is 0 Å². The van der Waals surface area contributed by atoms with E-state index < -0.39 is 0 Å². The Bertz CT molecular complexity index is 808. The molecule has 5 nitrogen and oxygen atoms in total. The molecule has 0 spiro atoms. The minimum atomic E-state index is 0.714. The lowest BCUT2D eigenvalue weighted by atomic mass is 10.1. The van der Waals surface area contributed by atoms with E-state index in [0.717, 1.165) is 41.4 Å². The number of rotatable bonds is 6. The number of nitrogens with zero attached hydrogens (tertiary/aromatic N) is 4. The largest absolute Gasteiger partial charge is 0.493 e. The standard InChI is InChI=1S/C19H22N4O/c1-4-5-12-24-18-9-6-14(2)13-15(18)16-7-8-17(22-21-16)19-20-10-11-23(19)3/h6-11,13H,4-5,12H2,1-3H3. The van der Waals surface area contributed by atoms with Crippen LogP contribution in [0.5, 0.6) is 5.75 Å². The number of hydrogen-bond donors (Lipinski definition) is 0. The lowest BCUT2D eigenvalue weighted by Crippen LogP contribution is -2.00. The molecule has 2 aromatic heterocycles. The summed E-state index contributed by atoms with van der Waals surface area (Å²) in [5.41, 5.74) is 3.71. The predicted molar refractivity (Wildman–Crippen MR) is 94.8 cm³/mol. The highest BCUT2D eigenvalue weighted by molar-refractivity contribution is 5.68. The average molecular weight is 322 g/mol. The van der Waals surface area contributed by atoms with Crippen LogP contribution in [0.2, 0.25) is 0 Å². The van der Waals surface area contributed by atoms with E-state index >= 15 is 0 Å². The third-order valence-corrected chi connectivity index (χ3v) is 3.88. The molecule has 0 saturated carbocycles. The van der Waals surface area contributed by atoms with Gasteiger partial charge in [0.25, 0.3) is 0 Å². The van der Waals surface area contributed by atoms with Crippen LogP contribution in [0, 0.1) is 6.92 Å². The Morgan fingerprint density at radius 1 is 1.08 bits per heavy atom. The average Bonchev–Trinajstić information content (AvgIpc) is 3.02. The van der Waals surface area contributed by atoms with Crippen molar-refractivity contribution in [1.29, 1.82) is 0 Å². The van der Waals surface area contributed by atoms with Crippen LogP contribution < -0.4 is 4.74 Å². The number of aromatic nitrogens is 4. The quantitative estimate of drug-likeness (QED) is 0.643. The van der Waals surface area contributed by atoms with E-state index in [2.05, 4.69) is 41.2 Å². The zero-order chi connectivity index (χ0) is 16.9. The number of benzene rings is 1. The predicted octanol–water partition coefficient (Wildman–Crippen LogP) is 4.03. The Balaban J connectivity index is 1.91. The van der Waals surface area contributed by atoms with Gasteiger partial charge in [0.15, 0.2) is 5.82 Å². The fourth-order valence-corrected chi connectivity index (χ4v) is 2.50. The van der Waals surface area contributed by atoms with Crippen molar-refractivity contribution in [3.8, 4) is 28.5 Å². The van der Waals surface area contributed by atoms with E-state index in [9.17, 15) is 0 Å². The van der Waals surface area contributed by atoms with Gasteiger partial charge in [0.05, 0.1) is 12.3 Å². The monoisotopic (exact) mass is 322 g/mol. The molecule has 0 amide bonds. The van der Waals surface area contributed by atoms with E-state index in [1.54, 1.807) is 6.20 Å². The van der Waals surface area contributed by atoms with Gasteiger partial charge in [-0.05, 0) is 37.6 Å². The fourth-order valence-electron chi connectivity index (χ4n) is 2.50. The minimum Gasteiger partial charge on any atom is -0.493 e. The van der Waals surface area contributed by atoms with Gasteiger partial charge in [0, 0.05) is 25.0 Å². The molecule has 0 fully saturated rings. The van der Waals surface area contributed by atoms with Crippen LogP contribution in [0.1, 0.15) is 25.3 Å². The number of hydrogen-bond acceptors (Lipinski definition) is 4. The molecule has 0 atom stereocenters. The SMILES string of the molecule is CCCCOc1ccc(C)cc1-c1ccc(-c2nccn2C)nn1. The molecule has 0 aliphatic heterocycles. The number of aryl methyl sites for hydroxylation is 2. The molecule has 0 saturated heterocycles. The highest BCUT2D eigenvalue weighted by atomic mass is 16.5. The molecular formula is C19H22N4O. The number of imidazole rings is 1. The van der Waals surface area contributed by atoms with E-state index in [1.165, 1.54) is 5.56 Å². The van der Waals surface area contributed by atoms with Crippen LogP contribution in [0.3, 0.4) is 0 Å². The summed E-state index contributed by atoms with van der Waals surface area (Å²) in [5, 5.41) is 8.73. The van der Waals surface area contributed by atoms with Crippen LogP contribution >= 0.6 is 0 Å². The normalized spacial score (nSPS) is 10.8. The van der Waals surface area contributed by atoms with Crippen LogP contribution in [0.15, 0.2) is 42.7 Å². The van der Waals surface area contributed by atoms with Crippen LogP contribution in [0.25, 0.3) is 22.8 Å². The molecule has 0 unspecified atom stereocenters. The maximum absolute atomic E-state index is 5.92. The summed E-state index contributed by atoms with van der Waals surface area (Å²) in [4.78, 5) is 4.31. The highest BCUT2D eigenvalue weighted by Gasteiger charge is 2.11. The van der Waals surface area contributed by atoms with E-state index in [-0.39, 0.29) is 0 Å². The topological polar surface area (TPSA) is 52.8 Å². The molecule has 0 bridgehead atoms. The molecule has 0 aliphatic carbocycles. The van der Waals surface area contributed by atoms with Gasteiger partial charge in [-0.15, -0.1) is 10.2 Å². The maximum atomic E-state index is 5.92. The van der Waals surface area contributed by atoms with Crippen molar-refractivity contribution < 1.29 is 4.74 Å². The smallest absolute Gasteiger partial charge is 0.160 e. The second kappa shape index (κ2) is 7.25. The van der Waals surface area contributed by atoms with Crippen LogP contribution in [-0.4, -0.2) is 26.4 Å². The molecule has 0 aliphatic rings. The van der Waals surface area contributed by atoms with E-state index in [0.29, 0.717) is 6.61 Å². The van der Waals surface area contributed by atoms with E-state index in [1.807, 2.05) is 36.0 Å². The maximum Gasteiger partial charge on any atom is 0.160 e. The Morgan fingerprint density at radius 3 is 2.54 bits per heavy atom. The Kier molecular flexibility index (Phi) is 4.89. The molecule has 0 radical (unpaired) electrons. The van der Waals surface area contributed by atoms with Gasteiger partial charge in [-0.2, -0.15) is 0 Å². The van der Waals surface area contributed by atoms with Crippen LogP contribution in [0.4, 0.5) is 0 Å². The van der Waals surface area contributed by atoms with Crippen molar-refractivity contribution in [3.05, 3.63) is 48.3 Å². The van der Waals surface area contributed by atoms with Gasteiger partial charge in [0.2, 0.25) is 0 Å². The molecule has 3 rings (SSSR count). The number of ether oxygens (including phenoxy) is 1. The molecular weight excluding hydrogens is 300 g/mol. The first kappa shape index (κ1) is 16.2. The van der Waals surface area contributed by atoms with Crippen molar-refractivity contribution in [1.82, 2.24) is 19.7 Å². The van der Waals surface area contributed by atoms with Gasteiger partial charge in [-0.1, -0.05) is 25.0 Å². The zero-order valence-electron chi connectivity index (χ0n) is 14.4. The van der Waals surface area contributed by atoms with Gasteiger partial charge in [-0.25, -0.2) is 4.98 Å². The van der Waals surface area contributed by atoms with Crippen molar-refractivity contribution >= 4 is 0 Å². The molecule has 2 heterocycles. The summed E-state index contributed by atoms with van der Waals surface area (Å²) in [6, 6.07) is 10.1. The summed E-state index contributed by atoms with van der Waals surface area (Å²) >= 11 is 0.